The highest BCUT2D eigenvalue weighted by Crippen LogP contribution is 2.34. The molecule has 2 aromatic carbocycles. The molecule has 2 aromatic heterocycles. The number of benzene rings is 2. The largest absolute Gasteiger partial charge is 0.467 e. The van der Waals surface area contributed by atoms with Gasteiger partial charge in [0.2, 0.25) is 5.91 Å². The molecule has 4 aromatic rings. The van der Waals surface area contributed by atoms with E-state index in [9.17, 15) is 4.79 Å². The van der Waals surface area contributed by atoms with Crippen molar-refractivity contribution in [2.75, 3.05) is 0 Å². The predicted octanol–water partition coefficient (Wildman–Crippen LogP) is 5.90. The van der Waals surface area contributed by atoms with Gasteiger partial charge in [0.25, 0.3) is 0 Å². The van der Waals surface area contributed by atoms with Crippen molar-refractivity contribution in [2.24, 2.45) is 0 Å². The Bertz CT molecular complexity index is 1120. The maximum atomic E-state index is 12.8. The molecular formula is C26H28N2O2. The fraction of sp³-hybridized carbons (Fsp3) is 0.269. The number of nitrogens with one attached hydrogen (secondary N) is 2. The fourth-order valence-corrected chi connectivity index (χ4v) is 3.86. The Morgan fingerprint density at radius 3 is 2.50 bits per heavy atom. The second kappa shape index (κ2) is 8.23. The molecular weight excluding hydrogens is 372 g/mol. The van der Waals surface area contributed by atoms with E-state index in [0.717, 1.165) is 27.8 Å². The monoisotopic (exact) mass is 400 g/mol. The van der Waals surface area contributed by atoms with Crippen LogP contribution in [0.15, 0.2) is 77.5 Å². The van der Waals surface area contributed by atoms with Crippen molar-refractivity contribution in [2.45, 2.75) is 45.1 Å². The number of amides is 1. The normalized spacial score (nSPS) is 12.8. The summed E-state index contributed by atoms with van der Waals surface area (Å²) >= 11 is 0. The lowest BCUT2D eigenvalue weighted by atomic mass is 9.83. The van der Waals surface area contributed by atoms with Crippen LogP contribution in [0.5, 0.6) is 0 Å². The highest BCUT2D eigenvalue weighted by molar-refractivity contribution is 5.86. The minimum atomic E-state index is -0.0354. The zero-order chi connectivity index (χ0) is 21.1. The van der Waals surface area contributed by atoms with Crippen molar-refractivity contribution in [1.29, 1.82) is 0 Å². The van der Waals surface area contributed by atoms with Crippen LogP contribution in [-0.4, -0.2) is 10.9 Å². The third-order valence-corrected chi connectivity index (χ3v) is 5.61. The summed E-state index contributed by atoms with van der Waals surface area (Å²) in [6.07, 6.45) is 4.03. The SMILES string of the molecule is CC(C)(C)c1ccc([C@@H](CC(=O)NCc2ccco2)c2c[nH]c3ccccc23)cc1. The molecule has 30 heavy (non-hydrogen) atoms. The lowest BCUT2D eigenvalue weighted by Gasteiger charge is -2.21. The predicted molar refractivity (Wildman–Crippen MR) is 120 cm³/mol. The Morgan fingerprint density at radius 1 is 1.03 bits per heavy atom. The van der Waals surface area contributed by atoms with Crippen LogP contribution in [0.4, 0.5) is 0 Å². The average Bonchev–Trinajstić information content (AvgIpc) is 3.40. The molecule has 0 bridgehead atoms. The molecule has 0 aliphatic heterocycles. The van der Waals surface area contributed by atoms with E-state index in [1.54, 1.807) is 6.26 Å². The van der Waals surface area contributed by atoms with Gasteiger partial charge in [0, 0.05) is 29.4 Å². The summed E-state index contributed by atoms with van der Waals surface area (Å²) in [6.45, 7) is 7.03. The Kier molecular flexibility index (Phi) is 5.49. The lowest BCUT2D eigenvalue weighted by molar-refractivity contribution is -0.121. The third kappa shape index (κ3) is 4.33. The van der Waals surface area contributed by atoms with Gasteiger partial charge in [0.1, 0.15) is 5.76 Å². The minimum Gasteiger partial charge on any atom is -0.467 e. The molecule has 1 amide bonds. The van der Waals surface area contributed by atoms with E-state index in [1.807, 2.05) is 30.5 Å². The number of furan rings is 1. The highest BCUT2D eigenvalue weighted by Gasteiger charge is 2.22. The summed E-state index contributed by atoms with van der Waals surface area (Å²) in [5.74, 6) is 0.717. The number of carbonyl (C=O) groups is 1. The molecule has 0 fully saturated rings. The number of hydrogen-bond acceptors (Lipinski definition) is 2. The van der Waals surface area contributed by atoms with Crippen LogP contribution in [0.2, 0.25) is 0 Å². The number of para-hydroxylation sites is 1. The van der Waals surface area contributed by atoms with Crippen LogP contribution >= 0.6 is 0 Å². The van der Waals surface area contributed by atoms with Gasteiger partial charge in [0.05, 0.1) is 12.8 Å². The summed E-state index contributed by atoms with van der Waals surface area (Å²) in [7, 11) is 0. The quantitative estimate of drug-likeness (QED) is 0.423. The molecule has 0 aliphatic rings. The van der Waals surface area contributed by atoms with Gasteiger partial charge < -0.3 is 14.7 Å². The zero-order valence-corrected chi connectivity index (χ0v) is 17.7. The van der Waals surface area contributed by atoms with Gasteiger partial charge in [-0.3, -0.25) is 4.79 Å². The number of aromatic amines is 1. The molecule has 0 spiro atoms. The van der Waals surface area contributed by atoms with Crippen LogP contribution in [-0.2, 0) is 16.8 Å². The van der Waals surface area contributed by atoms with Gasteiger partial charge >= 0.3 is 0 Å². The zero-order valence-electron chi connectivity index (χ0n) is 17.7. The van der Waals surface area contributed by atoms with Gasteiger partial charge in [-0.05, 0) is 40.3 Å². The summed E-state index contributed by atoms with van der Waals surface area (Å²) in [5, 5.41) is 4.14. The van der Waals surface area contributed by atoms with Gasteiger partial charge in [-0.2, -0.15) is 0 Å². The number of H-pyrrole nitrogens is 1. The number of carbonyl (C=O) groups excluding carboxylic acids is 1. The Labute approximate surface area is 177 Å². The van der Waals surface area contributed by atoms with Crippen molar-refractivity contribution < 1.29 is 9.21 Å². The van der Waals surface area contributed by atoms with E-state index in [4.69, 9.17) is 4.42 Å². The van der Waals surface area contributed by atoms with Crippen LogP contribution in [0.25, 0.3) is 10.9 Å². The lowest BCUT2D eigenvalue weighted by Crippen LogP contribution is -2.24. The number of hydrogen-bond donors (Lipinski definition) is 2. The van der Waals surface area contributed by atoms with Crippen LogP contribution in [0, 0.1) is 0 Å². The van der Waals surface area contributed by atoms with E-state index in [1.165, 1.54) is 5.56 Å². The Morgan fingerprint density at radius 2 is 1.80 bits per heavy atom. The second-order valence-electron chi connectivity index (χ2n) is 8.77. The molecule has 4 nitrogen and oxygen atoms in total. The van der Waals surface area contributed by atoms with E-state index < -0.39 is 0 Å². The van der Waals surface area contributed by atoms with Gasteiger partial charge in [-0.1, -0.05) is 63.2 Å². The molecule has 154 valence electrons. The van der Waals surface area contributed by atoms with Crippen molar-refractivity contribution in [3.63, 3.8) is 0 Å². The number of rotatable bonds is 6. The van der Waals surface area contributed by atoms with E-state index in [2.05, 4.69) is 67.5 Å². The van der Waals surface area contributed by atoms with Crippen molar-refractivity contribution in [1.82, 2.24) is 10.3 Å². The summed E-state index contributed by atoms with van der Waals surface area (Å²) < 4.78 is 5.33. The molecule has 0 saturated heterocycles. The Hall–Kier alpha value is -3.27. The van der Waals surface area contributed by atoms with E-state index >= 15 is 0 Å². The topological polar surface area (TPSA) is 58.0 Å². The van der Waals surface area contributed by atoms with Crippen LogP contribution in [0.1, 0.15) is 55.6 Å². The van der Waals surface area contributed by atoms with Crippen molar-refractivity contribution in [3.8, 4) is 0 Å². The first kappa shape index (κ1) is 20.0. The maximum absolute atomic E-state index is 12.8. The first-order valence-electron chi connectivity index (χ1n) is 10.4. The number of fused-ring (bicyclic) bond motifs is 1. The molecule has 0 aliphatic carbocycles. The first-order chi connectivity index (χ1) is 14.4. The van der Waals surface area contributed by atoms with Gasteiger partial charge in [-0.25, -0.2) is 0 Å². The molecule has 4 rings (SSSR count). The average molecular weight is 401 g/mol. The third-order valence-electron chi connectivity index (χ3n) is 5.61. The molecule has 0 radical (unpaired) electrons. The van der Waals surface area contributed by atoms with Crippen LogP contribution < -0.4 is 5.32 Å². The molecule has 0 saturated carbocycles. The minimum absolute atomic E-state index is 0.00146. The molecule has 0 unspecified atom stereocenters. The van der Waals surface area contributed by atoms with E-state index in [-0.39, 0.29) is 17.2 Å². The summed E-state index contributed by atoms with van der Waals surface area (Å²) in [4.78, 5) is 16.2. The van der Waals surface area contributed by atoms with E-state index in [0.29, 0.717) is 13.0 Å². The number of aromatic nitrogens is 1. The van der Waals surface area contributed by atoms with Gasteiger partial charge in [0.15, 0.2) is 0 Å². The smallest absolute Gasteiger partial charge is 0.221 e. The van der Waals surface area contributed by atoms with Crippen molar-refractivity contribution in [3.05, 3.63) is 95.6 Å². The highest BCUT2D eigenvalue weighted by atomic mass is 16.3. The van der Waals surface area contributed by atoms with Gasteiger partial charge in [-0.15, -0.1) is 0 Å². The summed E-state index contributed by atoms with van der Waals surface area (Å²) in [5.41, 5.74) is 4.74. The van der Waals surface area contributed by atoms with Crippen molar-refractivity contribution >= 4 is 16.8 Å². The first-order valence-corrected chi connectivity index (χ1v) is 10.4. The maximum Gasteiger partial charge on any atom is 0.221 e. The molecule has 1 atom stereocenters. The molecule has 2 heterocycles. The molecule has 4 heteroatoms. The second-order valence-corrected chi connectivity index (χ2v) is 8.77. The standard InChI is InChI=1S/C26H28N2O2/c1-26(2,3)19-12-10-18(11-13-19)22(15-25(29)28-16-20-7-6-14-30-20)23-17-27-24-9-5-4-8-21(23)24/h4-14,17,22,27H,15-16H2,1-3H3,(H,28,29)/t22-/m1/s1. The Balaban J connectivity index is 1.63. The molecule has 2 N–H and O–H groups in total. The summed E-state index contributed by atoms with van der Waals surface area (Å²) in [6, 6.07) is 20.6. The fourth-order valence-electron chi connectivity index (χ4n) is 3.86. The van der Waals surface area contributed by atoms with Crippen LogP contribution in [0.3, 0.4) is 0 Å².